The molecule has 0 spiro atoms. The van der Waals surface area contributed by atoms with Crippen LogP contribution in [-0.2, 0) is 27.6 Å². The van der Waals surface area contributed by atoms with Crippen LogP contribution in [0.5, 0.6) is 0 Å². The molecule has 0 aliphatic carbocycles. The standard InChI is InChI=1S/C19H20N2O3/c1-2-19(22)21(15-17-9-5-3-6-10-17)24-14-13-20-23-16-18-11-7-4-8-12-18/h2-13H,1,14-16H2/b20-13+. The van der Waals surface area contributed by atoms with Gasteiger partial charge in [-0.15, -0.1) is 0 Å². The minimum Gasteiger partial charge on any atom is -0.391 e. The van der Waals surface area contributed by atoms with Gasteiger partial charge in [-0.2, -0.15) is 0 Å². The smallest absolute Gasteiger partial charge is 0.269 e. The molecule has 5 nitrogen and oxygen atoms in total. The van der Waals surface area contributed by atoms with Crippen molar-refractivity contribution < 1.29 is 14.5 Å². The summed E-state index contributed by atoms with van der Waals surface area (Å²) in [4.78, 5) is 22.4. The Morgan fingerprint density at radius 2 is 1.67 bits per heavy atom. The van der Waals surface area contributed by atoms with Gasteiger partial charge in [0.2, 0.25) is 0 Å². The molecule has 0 saturated heterocycles. The van der Waals surface area contributed by atoms with Crippen molar-refractivity contribution in [2.24, 2.45) is 5.16 Å². The van der Waals surface area contributed by atoms with E-state index in [-0.39, 0.29) is 12.5 Å². The fraction of sp³-hybridized carbons (Fsp3) is 0.158. The molecule has 0 aliphatic heterocycles. The lowest BCUT2D eigenvalue weighted by Gasteiger charge is -2.19. The first-order chi connectivity index (χ1) is 11.8. The van der Waals surface area contributed by atoms with E-state index < -0.39 is 0 Å². The zero-order valence-corrected chi connectivity index (χ0v) is 13.4. The number of amides is 1. The van der Waals surface area contributed by atoms with Gasteiger partial charge in [-0.05, 0) is 17.2 Å². The lowest BCUT2D eigenvalue weighted by atomic mass is 10.2. The second-order valence-corrected chi connectivity index (χ2v) is 4.91. The van der Waals surface area contributed by atoms with Gasteiger partial charge in [-0.3, -0.25) is 9.63 Å². The van der Waals surface area contributed by atoms with Crippen molar-refractivity contribution >= 4 is 12.1 Å². The minimum absolute atomic E-state index is 0.126. The van der Waals surface area contributed by atoms with Crippen LogP contribution in [0.3, 0.4) is 0 Å². The SMILES string of the molecule is C=CC(=O)N(Cc1ccccc1)OC/C=N/OCc1ccccc1. The van der Waals surface area contributed by atoms with Gasteiger partial charge in [0, 0.05) is 0 Å². The minimum atomic E-state index is -0.308. The predicted molar refractivity (Wildman–Crippen MR) is 92.9 cm³/mol. The first kappa shape index (κ1) is 17.4. The number of nitrogens with zero attached hydrogens (tertiary/aromatic N) is 2. The van der Waals surface area contributed by atoms with Crippen LogP contribution in [0.2, 0.25) is 0 Å². The summed E-state index contributed by atoms with van der Waals surface area (Å²) in [5.74, 6) is -0.308. The lowest BCUT2D eigenvalue weighted by Crippen LogP contribution is -2.29. The molecule has 0 unspecified atom stereocenters. The third kappa shape index (κ3) is 6.06. The molecule has 124 valence electrons. The number of carbonyl (C=O) groups is 1. The summed E-state index contributed by atoms with van der Waals surface area (Å²) < 4.78 is 0. The normalized spacial score (nSPS) is 10.5. The van der Waals surface area contributed by atoms with Crippen LogP contribution in [0.15, 0.2) is 78.5 Å². The number of carbonyl (C=O) groups excluding carboxylic acids is 1. The zero-order valence-electron chi connectivity index (χ0n) is 13.4. The van der Waals surface area contributed by atoms with Crippen LogP contribution in [-0.4, -0.2) is 23.8 Å². The predicted octanol–water partition coefficient (Wildman–Crippen LogP) is 3.34. The molecule has 2 aromatic rings. The molecule has 0 radical (unpaired) electrons. The summed E-state index contributed by atoms with van der Waals surface area (Å²) >= 11 is 0. The second-order valence-electron chi connectivity index (χ2n) is 4.91. The summed E-state index contributed by atoms with van der Waals surface area (Å²) in [6, 6.07) is 19.3. The second kappa shape index (κ2) is 9.97. The maximum Gasteiger partial charge on any atom is 0.269 e. The molecule has 0 atom stereocenters. The van der Waals surface area contributed by atoms with Crippen molar-refractivity contribution in [1.29, 1.82) is 0 Å². The van der Waals surface area contributed by atoms with Crippen LogP contribution in [0.1, 0.15) is 11.1 Å². The van der Waals surface area contributed by atoms with E-state index in [9.17, 15) is 4.79 Å². The van der Waals surface area contributed by atoms with Crippen molar-refractivity contribution in [3.05, 3.63) is 84.4 Å². The Hall–Kier alpha value is -2.92. The quantitative estimate of drug-likeness (QED) is 0.404. The summed E-state index contributed by atoms with van der Waals surface area (Å²) in [6.07, 6.45) is 2.68. The molecular formula is C19H20N2O3. The molecule has 0 N–H and O–H groups in total. The van der Waals surface area contributed by atoms with E-state index in [1.165, 1.54) is 17.4 Å². The Morgan fingerprint density at radius 3 is 2.29 bits per heavy atom. The Kier molecular flexibility index (Phi) is 7.24. The summed E-state index contributed by atoms with van der Waals surface area (Å²) in [6.45, 7) is 4.33. The monoisotopic (exact) mass is 324 g/mol. The Labute approximate surface area is 141 Å². The van der Waals surface area contributed by atoms with E-state index in [0.29, 0.717) is 13.2 Å². The van der Waals surface area contributed by atoms with E-state index in [1.54, 1.807) is 0 Å². The van der Waals surface area contributed by atoms with Crippen molar-refractivity contribution in [3.63, 3.8) is 0 Å². The first-order valence-corrected chi connectivity index (χ1v) is 7.58. The third-order valence-corrected chi connectivity index (χ3v) is 3.12. The summed E-state index contributed by atoms with van der Waals surface area (Å²) in [7, 11) is 0. The van der Waals surface area contributed by atoms with Gasteiger partial charge in [0.15, 0.2) is 0 Å². The number of benzene rings is 2. The summed E-state index contributed by atoms with van der Waals surface area (Å²) in [5.41, 5.74) is 1.99. The highest BCUT2D eigenvalue weighted by molar-refractivity contribution is 5.86. The number of rotatable bonds is 9. The number of hydrogen-bond acceptors (Lipinski definition) is 4. The molecule has 1 amide bonds. The molecule has 2 aromatic carbocycles. The molecule has 24 heavy (non-hydrogen) atoms. The maximum absolute atomic E-state index is 11.8. The van der Waals surface area contributed by atoms with Crippen molar-refractivity contribution in [2.75, 3.05) is 6.61 Å². The van der Waals surface area contributed by atoms with E-state index in [2.05, 4.69) is 11.7 Å². The van der Waals surface area contributed by atoms with E-state index in [4.69, 9.17) is 9.68 Å². The average molecular weight is 324 g/mol. The maximum atomic E-state index is 11.8. The van der Waals surface area contributed by atoms with Crippen molar-refractivity contribution in [2.45, 2.75) is 13.2 Å². The van der Waals surface area contributed by atoms with E-state index >= 15 is 0 Å². The largest absolute Gasteiger partial charge is 0.391 e. The van der Waals surface area contributed by atoms with Gasteiger partial charge < -0.3 is 4.84 Å². The highest BCUT2D eigenvalue weighted by Gasteiger charge is 2.11. The molecule has 0 aromatic heterocycles. The number of oxime groups is 1. The van der Waals surface area contributed by atoms with Crippen molar-refractivity contribution in [1.82, 2.24) is 5.06 Å². The van der Waals surface area contributed by atoms with Gasteiger partial charge in [-0.1, -0.05) is 72.4 Å². The van der Waals surface area contributed by atoms with Crippen LogP contribution in [0.4, 0.5) is 0 Å². The topological polar surface area (TPSA) is 51.1 Å². The molecule has 0 bridgehead atoms. The molecule has 0 aliphatic rings. The highest BCUT2D eigenvalue weighted by atomic mass is 16.7. The molecule has 0 fully saturated rings. The molecule has 0 saturated carbocycles. The molecule has 5 heteroatoms. The zero-order chi connectivity index (χ0) is 17.0. The fourth-order valence-electron chi connectivity index (χ4n) is 1.93. The number of hydroxylamine groups is 2. The van der Waals surface area contributed by atoms with Crippen LogP contribution >= 0.6 is 0 Å². The Balaban J connectivity index is 1.77. The third-order valence-electron chi connectivity index (χ3n) is 3.12. The van der Waals surface area contributed by atoms with E-state index in [1.807, 2.05) is 60.7 Å². The molecule has 2 rings (SSSR count). The van der Waals surface area contributed by atoms with Crippen LogP contribution in [0, 0.1) is 0 Å². The van der Waals surface area contributed by atoms with Crippen LogP contribution < -0.4 is 0 Å². The number of hydrogen-bond donors (Lipinski definition) is 0. The Bertz CT molecular complexity index is 657. The summed E-state index contributed by atoms with van der Waals surface area (Å²) in [5, 5.41) is 5.06. The van der Waals surface area contributed by atoms with Gasteiger partial charge in [-0.25, -0.2) is 5.06 Å². The fourth-order valence-corrected chi connectivity index (χ4v) is 1.93. The molecular weight excluding hydrogens is 304 g/mol. The lowest BCUT2D eigenvalue weighted by molar-refractivity contribution is -0.178. The first-order valence-electron chi connectivity index (χ1n) is 7.58. The van der Waals surface area contributed by atoms with Gasteiger partial charge in [0.1, 0.15) is 13.2 Å². The van der Waals surface area contributed by atoms with E-state index in [0.717, 1.165) is 11.1 Å². The van der Waals surface area contributed by atoms with Gasteiger partial charge >= 0.3 is 0 Å². The van der Waals surface area contributed by atoms with Gasteiger partial charge in [0.25, 0.3) is 5.91 Å². The molecule has 0 heterocycles. The van der Waals surface area contributed by atoms with Crippen molar-refractivity contribution in [3.8, 4) is 0 Å². The Morgan fingerprint density at radius 1 is 1.04 bits per heavy atom. The average Bonchev–Trinajstić information content (AvgIpc) is 2.64. The highest BCUT2D eigenvalue weighted by Crippen LogP contribution is 2.06. The van der Waals surface area contributed by atoms with Gasteiger partial charge in [0.05, 0.1) is 12.8 Å². The van der Waals surface area contributed by atoms with Crippen LogP contribution in [0.25, 0.3) is 0 Å².